The zero-order valence-electron chi connectivity index (χ0n) is 10.4. The molecule has 1 aromatic carbocycles. The van der Waals surface area contributed by atoms with E-state index < -0.39 is 5.82 Å². The van der Waals surface area contributed by atoms with Crippen LogP contribution in [0.3, 0.4) is 0 Å². The quantitative estimate of drug-likeness (QED) is 0.943. The van der Waals surface area contributed by atoms with Gasteiger partial charge in [0.2, 0.25) is 0 Å². The Balaban J connectivity index is 2.40. The van der Waals surface area contributed by atoms with E-state index in [0.29, 0.717) is 18.1 Å². The fourth-order valence-electron chi connectivity index (χ4n) is 1.52. The molecule has 0 aliphatic carbocycles. The molecule has 0 saturated heterocycles. The highest BCUT2D eigenvalue weighted by Gasteiger charge is 2.16. The second-order valence-corrected chi connectivity index (χ2v) is 5.07. The molecule has 8 heteroatoms. The van der Waals surface area contributed by atoms with Crippen LogP contribution >= 0.6 is 23.2 Å². The number of nitrogens with zero attached hydrogens (tertiary/aromatic N) is 4. The molecule has 0 saturated carbocycles. The molecule has 0 atom stereocenters. The van der Waals surface area contributed by atoms with E-state index >= 15 is 0 Å². The van der Waals surface area contributed by atoms with Crippen LogP contribution < -0.4 is 5.32 Å². The number of hydrogen-bond acceptors (Lipinski definition) is 4. The molecule has 0 radical (unpaired) electrons. The highest BCUT2D eigenvalue weighted by atomic mass is 35.5. The van der Waals surface area contributed by atoms with Gasteiger partial charge in [0, 0.05) is 6.04 Å². The number of rotatable bonds is 4. The van der Waals surface area contributed by atoms with Crippen molar-refractivity contribution in [3.63, 3.8) is 0 Å². The Bertz CT molecular complexity index is 561. The Morgan fingerprint density at radius 3 is 2.53 bits per heavy atom. The molecular weight excluding hydrogens is 292 g/mol. The predicted molar refractivity (Wildman–Crippen MR) is 71.1 cm³/mol. The van der Waals surface area contributed by atoms with Crippen LogP contribution in [0.15, 0.2) is 12.1 Å². The number of aromatic nitrogens is 4. The molecule has 0 bridgehead atoms. The monoisotopic (exact) mass is 303 g/mol. The molecule has 1 aromatic heterocycles. The van der Waals surface area contributed by atoms with E-state index in [0.717, 1.165) is 0 Å². The van der Waals surface area contributed by atoms with Crippen LogP contribution in [0.1, 0.15) is 19.7 Å². The lowest BCUT2D eigenvalue weighted by molar-refractivity contribution is 0.563. The van der Waals surface area contributed by atoms with E-state index in [-0.39, 0.29) is 16.1 Å². The molecule has 1 heterocycles. The van der Waals surface area contributed by atoms with Crippen LogP contribution in [-0.4, -0.2) is 26.2 Å². The van der Waals surface area contributed by atoms with Crippen molar-refractivity contribution in [2.24, 2.45) is 0 Å². The van der Waals surface area contributed by atoms with Gasteiger partial charge in [0.05, 0.1) is 16.6 Å². The van der Waals surface area contributed by atoms with Crippen LogP contribution in [0, 0.1) is 5.82 Å². The summed E-state index contributed by atoms with van der Waals surface area (Å²) in [7, 11) is 0. The van der Waals surface area contributed by atoms with Crippen molar-refractivity contribution in [3.8, 4) is 5.69 Å². The van der Waals surface area contributed by atoms with Gasteiger partial charge in [-0.05, 0) is 22.6 Å². The molecule has 0 aliphatic rings. The van der Waals surface area contributed by atoms with Crippen LogP contribution in [0.25, 0.3) is 5.69 Å². The summed E-state index contributed by atoms with van der Waals surface area (Å²) in [6.45, 7) is 4.46. The first-order chi connectivity index (χ1) is 8.99. The molecule has 0 unspecified atom stereocenters. The lowest BCUT2D eigenvalue weighted by Gasteiger charge is -2.10. The fourth-order valence-corrected chi connectivity index (χ4v) is 2.14. The Morgan fingerprint density at radius 2 is 1.95 bits per heavy atom. The third-order valence-corrected chi connectivity index (χ3v) is 2.97. The molecule has 5 nitrogen and oxygen atoms in total. The first-order valence-electron chi connectivity index (χ1n) is 5.64. The minimum atomic E-state index is -0.506. The maximum absolute atomic E-state index is 13.2. The molecule has 19 heavy (non-hydrogen) atoms. The molecule has 102 valence electrons. The van der Waals surface area contributed by atoms with E-state index in [9.17, 15) is 4.39 Å². The third-order valence-electron chi connectivity index (χ3n) is 2.40. The highest BCUT2D eigenvalue weighted by molar-refractivity contribution is 6.37. The Morgan fingerprint density at radius 1 is 1.32 bits per heavy atom. The van der Waals surface area contributed by atoms with E-state index in [1.807, 2.05) is 13.8 Å². The van der Waals surface area contributed by atoms with Crippen LogP contribution in [0.4, 0.5) is 4.39 Å². The average Bonchev–Trinajstić information content (AvgIpc) is 2.73. The van der Waals surface area contributed by atoms with Gasteiger partial charge in [-0.25, -0.2) is 4.39 Å². The minimum Gasteiger partial charge on any atom is -0.308 e. The lowest BCUT2D eigenvalue weighted by Crippen LogP contribution is -2.24. The maximum atomic E-state index is 13.2. The van der Waals surface area contributed by atoms with Crippen molar-refractivity contribution in [3.05, 3.63) is 33.8 Å². The van der Waals surface area contributed by atoms with Crippen molar-refractivity contribution >= 4 is 23.2 Å². The Labute approximate surface area is 119 Å². The van der Waals surface area contributed by atoms with Gasteiger partial charge in [-0.2, -0.15) is 4.68 Å². The molecule has 2 rings (SSSR count). The summed E-state index contributed by atoms with van der Waals surface area (Å²) in [5.74, 6) is 0.0396. The summed E-state index contributed by atoms with van der Waals surface area (Å²) in [5, 5.41) is 14.8. The van der Waals surface area contributed by atoms with Gasteiger partial charge in [-0.15, -0.1) is 5.10 Å². The summed E-state index contributed by atoms with van der Waals surface area (Å²) < 4.78 is 14.6. The molecule has 0 aliphatic heterocycles. The molecule has 0 amide bonds. The van der Waals surface area contributed by atoms with Crippen molar-refractivity contribution in [1.82, 2.24) is 25.5 Å². The van der Waals surface area contributed by atoms with E-state index in [1.54, 1.807) is 0 Å². The number of benzene rings is 1. The summed E-state index contributed by atoms with van der Waals surface area (Å²) in [5.41, 5.74) is 0.371. The lowest BCUT2D eigenvalue weighted by atomic mass is 10.3. The highest BCUT2D eigenvalue weighted by Crippen LogP contribution is 2.29. The third kappa shape index (κ3) is 3.20. The summed E-state index contributed by atoms with van der Waals surface area (Å²) in [4.78, 5) is 0. The van der Waals surface area contributed by atoms with Gasteiger partial charge in [0.15, 0.2) is 5.82 Å². The van der Waals surface area contributed by atoms with Crippen molar-refractivity contribution < 1.29 is 4.39 Å². The average molecular weight is 304 g/mol. The van der Waals surface area contributed by atoms with Crippen molar-refractivity contribution in [2.45, 2.75) is 26.4 Å². The summed E-state index contributed by atoms with van der Waals surface area (Å²) in [6.07, 6.45) is 0. The molecular formula is C11H12Cl2FN5. The molecule has 2 aromatic rings. The van der Waals surface area contributed by atoms with Crippen LogP contribution in [0.2, 0.25) is 10.0 Å². The van der Waals surface area contributed by atoms with Gasteiger partial charge in [-0.1, -0.05) is 37.0 Å². The van der Waals surface area contributed by atoms with E-state index in [2.05, 4.69) is 20.8 Å². The molecule has 1 N–H and O–H groups in total. The van der Waals surface area contributed by atoms with E-state index in [4.69, 9.17) is 23.2 Å². The molecule has 0 spiro atoms. The second kappa shape index (κ2) is 5.81. The Hall–Kier alpha value is -1.24. The number of tetrazole rings is 1. The number of nitrogens with one attached hydrogen (secondary N) is 1. The largest absolute Gasteiger partial charge is 0.308 e. The van der Waals surface area contributed by atoms with Gasteiger partial charge in [0.1, 0.15) is 11.5 Å². The van der Waals surface area contributed by atoms with Crippen LogP contribution in [-0.2, 0) is 6.54 Å². The Kier molecular flexibility index (Phi) is 4.34. The van der Waals surface area contributed by atoms with Gasteiger partial charge < -0.3 is 5.32 Å². The minimum absolute atomic E-state index is 0.156. The number of halogens is 3. The maximum Gasteiger partial charge on any atom is 0.170 e. The molecule has 0 fully saturated rings. The first-order valence-corrected chi connectivity index (χ1v) is 6.40. The SMILES string of the molecule is CC(C)NCc1nnnn1-c1c(Cl)cc(F)cc1Cl. The second-order valence-electron chi connectivity index (χ2n) is 4.26. The smallest absolute Gasteiger partial charge is 0.170 e. The van der Waals surface area contributed by atoms with Crippen molar-refractivity contribution in [2.75, 3.05) is 0 Å². The van der Waals surface area contributed by atoms with Crippen LogP contribution in [0.5, 0.6) is 0 Å². The van der Waals surface area contributed by atoms with E-state index in [1.165, 1.54) is 16.8 Å². The summed E-state index contributed by atoms with van der Waals surface area (Å²) in [6, 6.07) is 2.62. The topological polar surface area (TPSA) is 55.6 Å². The predicted octanol–water partition coefficient (Wildman–Crippen LogP) is 2.61. The first kappa shape index (κ1) is 14.2. The number of hydrogen-bond donors (Lipinski definition) is 1. The van der Waals surface area contributed by atoms with Gasteiger partial charge in [0.25, 0.3) is 0 Å². The standard InChI is InChI=1S/C11H12Cl2FN5/c1-6(2)15-5-10-16-17-18-19(10)11-8(12)3-7(14)4-9(11)13/h3-4,6,15H,5H2,1-2H3. The zero-order valence-corrected chi connectivity index (χ0v) is 11.9. The fraction of sp³-hybridized carbons (Fsp3) is 0.364. The summed E-state index contributed by atoms with van der Waals surface area (Å²) >= 11 is 12.0. The van der Waals surface area contributed by atoms with Crippen molar-refractivity contribution in [1.29, 1.82) is 0 Å². The van der Waals surface area contributed by atoms with Gasteiger partial charge >= 0.3 is 0 Å². The van der Waals surface area contributed by atoms with Gasteiger partial charge in [-0.3, -0.25) is 0 Å². The normalized spacial score (nSPS) is 11.3. The zero-order chi connectivity index (χ0) is 14.0.